The molecule has 0 radical (unpaired) electrons. The summed E-state index contributed by atoms with van der Waals surface area (Å²) in [6.45, 7) is -0.101. The van der Waals surface area contributed by atoms with Gasteiger partial charge in [-0.15, -0.1) is 0 Å². The number of nitrogens with one attached hydrogen (secondary N) is 1. The van der Waals surface area contributed by atoms with Gasteiger partial charge in [0.2, 0.25) is 21.8 Å². The maximum atomic E-state index is 12.4. The molecule has 1 atom stereocenters. The zero-order valence-corrected chi connectivity index (χ0v) is 14.5. The van der Waals surface area contributed by atoms with Crippen LogP contribution >= 0.6 is 0 Å². The van der Waals surface area contributed by atoms with Gasteiger partial charge in [-0.25, -0.2) is 13.1 Å². The molecule has 2 amide bonds. The minimum atomic E-state index is -3.80. The molecule has 1 aromatic carbocycles. The maximum absolute atomic E-state index is 12.4. The monoisotopic (exact) mass is 364 g/mol. The molecule has 7 nitrogen and oxygen atoms in total. The van der Waals surface area contributed by atoms with E-state index in [0.29, 0.717) is 12.1 Å². The molecule has 1 aliphatic heterocycles. The highest BCUT2D eigenvalue weighted by Crippen LogP contribution is 2.25. The minimum Gasteiger partial charge on any atom is -0.384 e. The van der Waals surface area contributed by atoms with Gasteiger partial charge in [0.1, 0.15) is 0 Å². The Balaban J connectivity index is 1.72. The summed E-state index contributed by atoms with van der Waals surface area (Å²) in [5.74, 6) is -0.574. The number of imide groups is 1. The molecule has 1 saturated heterocycles. The van der Waals surface area contributed by atoms with E-state index in [9.17, 15) is 23.1 Å². The minimum absolute atomic E-state index is 0.0127. The standard InChI is InChI=1S/C17H20N2O5S/c20-15-8-9-16(21)19(15)13-4-6-14(7-5-13)25(23,24)18-12-17(22)10-2-1-3-11-17/h2,4-7,10,18,22H,1,3,8-9,11-12H2. The molecule has 1 aromatic rings. The van der Waals surface area contributed by atoms with Crippen molar-refractivity contribution in [3.05, 3.63) is 36.4 Å². The van der Waals surface area contributed by atoms with Crippen LogP contribution in [0, 0.1) is 0 Å². The SMILES string of the molecule is O=C1CCC(=O)N1c1ccc(S(=O)(=O)NCC2(O)C=CCCC2)cc1. The van der Waals surface area contributed by atoms with Gasteiger partial charge in [0.05, 0.1) is 16.2 Å². The number of benzene rings is 1. The van der Waals surface area contributed by atoms with E-state index in [1.54, 1.807) is 6.08 Å². The number of anilines is 1. The third-order valence-electron chi connectivity index (χ3n) is 4.43. The Morgan fingerprint density at radius 3 is 2.32 bits per heavy atom. The van der Waals surface area contributed by atoms with E-state index in [2.05, 4.69) is 4.72 Å². The quantitative estimate of drug-likeness (QED) is 0.601. The summed E-state index contributed by atoms with van der Waals surface area (Å²) in [4.78, 5) is 24.5. The lowest BCUT2D eigenvalue weighted by atomic mass is 9.91. The summed E-state index contributed by atoms with van der Waals surface area (Å²) in [5.41, 5.74) is -0.806. The van der Waals surface area contributed by atoms with Crippen molar-refractivity contribution in [3.63, 3.8) is 0 Å². The Labute approximate surface area is 146 Å². The molecular formula is C17H20N2O5S. The first-order valence-corrected chi connectivity index (χ1v) is 9.65. The number of amides is 2. The lowest BCUT2D eigenvalue weighted by molar-refractivity contribution is -0.121. The van der Waals surface area contributed by atoms with E-state index in [-0.39, 0.29) is 36.1 Å². The van der Waals surface area contributed by atoms with Crippen molar-refractivity contribution in [1.29, 1.82) is 0 Å². The van der Waals surface area contributed by atoms with Gasteiger partial charge in [0.15, 0.2) is 0 Å². The summed E-state index contributed by atoms with van der Waals surface area (Å²) >= 11 is 0. The molecule has 0 aromatic heterocycles. The number of rotatable bonds is 5. The number of allylic oxidation sites excluding steroid dienone is 1. The normalized spacial score (nSPS) is 24.1. The molecule has 0 bridgehead atoms. The fourth-order valence-electron chi connectivity index (χ4n) is 3.00. The Morgan fingerprint density at radius 2 is 1.76 bits per heavy atom. The largest absolute Gasteiger partial charge is 0.384 e. The molecular weight excluding hydrogens is 344 g/mol. The maximum Gasteiger partial charge on any atom is 0.240 e. The van der Waals surface area contributed by atoms with Gasteiger partial charge >= 0.3 is 0 Å². The molecule has 134 valence electrons. The van der Waals surface area contributed by atoms with Gasteiger partial charge < -0.3 is 5.11 Å². The van der Waals surface area contributed by atoms with Gasteiger partial charge in [-0.1, -0.05) is 12.2 Å². The predicted molar refractivity (Wildman–Crippen MR) is 91.3 cm³/mol. The highest BCUT2D eigenvalue weighted by molar-refractivity contribution is 7.89. The van der Waals surface area contributed by atoms with Crippen LogP contribution in [0.1, 0.15) is 32.1 Å². The Bertz CT molecular complexity index is 800. The highest BCUT2D eigenvalue weighted by Gasteiger charge is 2.31. The lowest BCUT2D eigenvalue weighted by Gasteiger charge is -2.27. The van der Waals surface area contributed by atoms with Crippen molar-refractivity contribution in [2.75, 3.05) is 11.4 Å². The molecule has 1 fully saturated rings. The van der Waals surface area contributed by atoms with Gasteiger partial charge in [0, 0.05) is 19.4 Å². The second kappa shape index (κ2) is 6.70. The van der Waals surface area contributed by atoms with Gasteiger partial charge in [0.25, 0.3) is 0 Å². The number of nitrogens with zero attached hydrogens (tertiary/aromatic N) is 1. The molecule has 3 rings (SSSR count). The van der Waals surface area contributed by atoms with Crippen LogP contribution in [-0.2, 0) is 19.6 Å². The number of hydrogen-bond donors (Lipinski definition) is 2. The van der Waals surface area contributed by atoms with E-state index >= 15 is 0 Å². The zero-order chi connectivity index (χ0) is 18.1. The molecule has 2 aliphatic rings. The predicted octanol–water partition coefficient (Wildman–Crippen LogP) is 1.09. The third kappa shape index (κ3) is 3.81. The average Bonchev–Trinajstić information content (AvgIpc) is 2.93. The van der Waals surface area contributed by atoms with Crippen molar-refractivity contribution in [1.82, 2.24) is 4.72 Å². The summed E-state index contributed by atoms with van der Waals surface area (Å²) in [6, 6.07) is 5.56. The zero-order valence-electron chi connectivity index (χ0n) is 13.6. The summed E-state index contributed by atoms with van der Waals surface area (Å²) < 4.78 is 27.2. The Hall–Kier alpha value is -2.03. The summed E-state index contributed by atoms with van der Waals surface area (Å²) in [7, 11) is -3.80. The summed E-state index contributed by atoms with van der Waals surface area (Å²) in [6.07, 6.45) is 6.01. The lowest BCUT2D eigenvalue weighted by Crippen LogP contribution is -2.42. The second-order valence-corrected chi connectivity index (χ2v) is 8.11. The van der Waals surface area contributed by atoms with Crippen molar-refractivity contribution < 1.29 is 23.1 Å². The number of carbonyl (C=O) groups is 2. The molecule has 25 heavy (non-hydrogen) atoms. The van der Waals surface area contributed by atoms with Crippen molar-refractivity contribution in [2.45, 2.75) is 42.6 Å². The first-order chi connectivity index (χ1) is 11.8. The molecule has 2 N–H and O–H groups in total. The molecule has 0 spiro atoms. The van der Waals surface area contributed by atoms with E-state index in [1.807, 2.05) is 6.08 Å². The van der Waals surface area contributed by atoms with Gasteiger partial charge in [-0.05, 0) is 43.5 Å². The Morgan fingerprint density at radius 1 is 1.12 bits per heavy atom. The smallest absolute Gasteiger partial charge is 0.240 e. The fourth-order valence-corrected chi connectivity index (χ4v) is 4.10. The molecule has 8 heteroatoms. The van der Waals surface area contributed by atoms with E-state index in [4.69, 9.17) is 0 Å². The first kappa shape index (κ1) is 17.8. The Kier molecular flexibility index (Phi) is 4.77. The van der Waals surface area contributed by atoms with Crippen LogP contribution in [0.3, 0.4) is 0 Å². The fraction of sp³-hybridized carbons (Fsp3) is 0.412. The van der Waals surface area contributed by atoms with E-state index in [1.165, 1.54) is 24.3 Å². The van der Waals surface area contributed by atoms with Crippen molar-refractivity contribution in [2.24, 2.45) is 0 Å². The van der Waals surface area contributed by atoms with Gasteiger partial charge in [-0.2, -0.15) is 0 Å². The van der Waals surface area contributed by atoms with Crippen LogP contribution in [0.4, 0.5) is 5.69 Å². The van der Waals surface area contributed by atoms with Crippen LogP contribution in [0.15, 0.2) is 41.3 Å². The van der Waals surface area contributed by atoms with Crippen molar-refractivity contribution in [3.8, 4) is 0 Å². The first-order valence-electron chi connectivity index (χ1n) is 8.16. The second-order valence-electron chi connectivity index (χ2n) is 6.34. The number of hydrogen-bond acceptors (Lipinski definition) is 5. The van der Waals surface area contributed by atoms with Gasteiger partial charge in [-0.3, -0.25) is 14.5 Å². The molecule has 1 aliphatic carbocycles. The van der Waals surface area contributed by atoms with Crippen molar-refractivity contribution >= 4 is 27.5 Å². The molecule has 0 saturated carbocycles. The highest BCUT2D eigenvalue weighted by atomic mass is 32.2. The van der Waals surface area contributed by atoms with E-state index < -0.39 is 15.6 Å². The van der Waals surface area contributed by atoms with Crippen LogP contribution in [0.25, 0.3) is 0 Å². The average molecular weight is 364 g/mol. The third-order valence-corrected chi connectivity index (χ3v) is 5.85. The number of carbonyl (C=O) groups excluding carboxylic acids is 2. The van der Waals surface area contributed by atoms with Crippen LogP contribution in [0.2, 0.25) is 0 Å². The molecule has 1 unspecified atom stereocenters. The number of sulfonamides is 1. The van der Waals surface area contributed by atoms with Crippen LogP contribution in [0.5, 0.6) is 0 Å². The van der Waals surface area contributed by atoms with E-state index in [0.717, 1.165) is 17.7 Å². The molecule has 1 heterocycles. The van der Waals surface area contributed by atoms with Crippen LogP contribution in [-0.4, -0.2) is 37.5 Å². The van der Waals surface area contributed by atoms with Crippen LogP contribution < -0.4 is 9.62 Å². The number of aliphatic hydroxyl groups is 1. The topological polar surface area (TPSA) is 104 Å². The summed E-state index contributed by atoms with van der Waals surface area (Å²) in [5, 5.41) is 10.3.